The van der Waals surface area contributed by atoms with Gasteiger partial charge in [-0.1, -0.05) is 6.07 Å². The lowest BCUT2D eigenvalue weighted by Crippen LogP contribution is -2.28. The van der Waals surface area contributed by atoms with Crippen molar-refractivity contribution in [3.05, 3.63) is 58.0 Å². The van der Waals surface area contributed by atoms with E-state index in [1.165, 1.54) is 12.3 Å². The van der Waals surface area contributed by atoms with Crippen LogP contribution < -0.4 is 5.32 Å². The number of furan rings is 1. The largest absolute Gasteiger partial charge is 0.458 e. The number of amides is 1. The van der Waals surface area contributed by atoms with Gasteiger partial charge in [0, 0.05) is 6.54 Å². The molecule has 0 bridgehead atoms. The summed E-state index contributed by atoms with van der Waals surface area (Å²) >= 11 is 3.13. The van der Waals surface area contributed by atoms with Gasteiger partial charge in [-0.05, 0) is 39.7 Å². The van der Waals surface area contributed by atoms with Crippen molar-refractivity contribution < 1.29 is 23.1 Å². The van der Waals surface area contributed by atoms with Gasteiger partial charge in [0.1, 0.15) is 0 Å². The zero-order valence-corrected chi connectivity index (χ0v) is 11.7. The molecule has 4 nitrogen and oxygen atoms in total. The first-order valence-corrected chi connectivity index (χ1v) is 6.42. The van der Waals surface area contributed by atoms with Crippen LogP contribution in [-0.4, -0.2) is 17.6 Å². The molecule has 7 heteroatoms. The second-order valence-corrected chi connectivity index (χ2v) is 4.85. The maximum absolute atomic E-state index is 13.0. The number of carbonyl (C=O) groups is 1. The molecule has 0 saturated heterocycles. The molecule has 20 heavy (non-hydrogen) atoms. The van der Waals surface area contributed by atoms with Gasteiger partial charge in [0.05, 0.1) is 16.8 Å². The highest BCUT2D eigenvalue weighted by atomic mass is 79.9. The van der Waals surface area contributed by atoms with Crippen LogP contribution in [0.25, 0.3) is 0 Å². The van der Waals surface area contributed by atoms with Gasteiger partial charge in [0.2, 0.25) is 5.76 Å². The summed E-state index contributed by atoms with van der Waals surface area (Å²) in [5.74, 6) is -2.50. The number of rotatable bonds is 4. The van der Waals surface area contributed by atoms with Gasteiger partial charge in [-0.3, -0.25) is 4.79 Å². The van der Waals surface area contributed by atoms with Crippen LogP contribution >= 0.6 is 15.9 Å². The van der Waals surface area contributed by atoms with Gasteiger partial charge in [0.15, 0.2) is 11.6 Å². The van der Waals surface area contributed by atoms with Gasteiger partial charge in [0.25, 0.3) is 5.91 Å². The van der Waals surface area contributed by atoms with Crippen LogP contribution in [-0.2, 0) is 0 Å². The third-order valence-corrected chi connectivity index (χ3v) is 3.23. The van der Waals surface area contributed by atoms with Gasteiger partial charge in [-0.25, -0.2) is 8.78 Å². The second kappa shape index (κ2) is 6.15. The highest BCUT2D eigenvalue weighted by Crippen LogP contribution is 2.18. The maximum atomic E-state index is 13.0. The molecule has 1 unspecified atom stereocenters. The van der Waals surface area contributed by atoms with Gasteiger partial charge < -0.3 is 14.8 Å². The van der Waals surface area contributed by atoms with Crippen molar-refractivity contribution in [1.29, 1.82) is 0 Å². The normalized spacial score (nSPS) is 12.2. The van der Waals surface area contributed by atoms with E-state index in [9.17, 15) is 18.7 Å². The summed E-state index contributed by atoms with van der Waals surface area (Å²) in [6.45, 7) is -0.156. The van der Waals surface area contributed by atoms with Crippen molar-refractivity contribution >= 4 is 21.8 Å². The summed E-state index contributed by atoms with van der Waals surface area (Å²) in [6.07, 6.45) is 0.188. The Balaban J connectivity index is 1.98. The fourth-order valence-corrected chi connectivity index (χ4v) is 1.94. The van der Waals surface area contributed by atoms with E-state index in [1.807, 2.05) is 0 Å². The zero-order valence-electron chi connectivity index (χ0n) is 10.1. The Labute approximate surface area is 121 Å². The number of hydrogen-bond donors (Lipinski definition) is 2. The summed E-state index contributed by atoms with van der Waals surface area (Å²) < 4.78 is 31.2. The van der Waals surface area contributed by atoms with Gasteiger partial charge >= 0.3 is 0 Å². The van der Waals surface area contributed by atoms with E-state index in [2.05, 4.69) is 21.2 Å². The molecule has 0 fully saturated rings. The summed E-state index contributed by atoms with van der Waals surface area (Å²) in [4.78, 5) is 11.7. The molecule has 2 aromatic rings. The lowest BCUT2D eigenvalue weighted by atomic mass is 10.1. The van der Waals surface area contributed by atoms with Gasteiger partial charge in [-0.15, -0.1) is 0 Å². The van der Waals surface area contributed by atoms with Crippen LogP contribution in [0.1, 0.15) is 22.2 Å². The number of hydrogen-bond acceptors (Lipinski definition) is 3. The first-order valence-electron chi connectivity index (χ1n) is 5.63. The molecular weight excluding hydrogens is 336 g/mol. The van der Waals surface area contributed by atoms with E-state index >= 15 is 0 Å². The molecule has 0 radical (unpaired) electrons. The molecule has 1 atom stereocenters. The molecule has 1 aromatic carbocycles. The average Bonchev–Trinajstić information content (AvgIpc) is 2.85. The van der Waals surface area contributed by atoms with Gasteiger partial charge in [-0.2, -0.15) is 0 Å². The third kappa shape index (κ3) is 3.23. The Hall–Kier alpha value is -1.73. The summed E-state index contributed by atoms with van der Waals surface area (Å²) in [6, 6.07) is 4.60. The monoisotopic (exact) mass is 345 g/mol. The topological polar surface area (TPSA) is 62.5 Å². The van der Waals surface area contributed by atoms with E-state index in [0.29, 0.717) is 4.47 Å². The minimum atomic E-state index is -1.15. The van der Waals surface area contributed by atoms with Crippen LogP contribution in [0, 0.1) is 11.6 Å². The van der Waals surface area contributed by atoms with Crippen LogP contribution in [0.4, 0.5) is 8.78 Å². The number of carbonyl (C=O) groups excluding carboxylic acids is 1. The van der Waals surface area contributed by atoms with E-state index < -0.39 is 23.6 Å². The average molecular weight is 346 g/mol. The highest BCUT2D eigenvalue weighted by molar-refractivity contribution is 9.10. The van der Waals surface area contributed by atoms with Crippen molar-refractivity contribution in [2.45, 2.75) is 6.10 Å². The second-order valence-electron chi connectivity index (χ2n) is 4.00. The van der Waals surface area contributed by atoms with Crippen molar-refractivity contribution in [3.63, 3.8) is 0 Å². The maximum Gasteiger partial charge on any atom is 0.288 e. The first-order chi connectivity index (χ1) is 9.49. The lowest BCUT2D eigenvalue weighted by Gasteiger charge is -2.12. The summed E-state index contributed by atoms with van der Waals surface area (Å²) in [7, 11) is 0. The lowest BCUT2D eigenvalue weighted by molar-refractivity contribution is 0.0888. The number of nitrogens with one attached hydrogen (secondary N) is 1. The summed E-state index contributed by atoms with van der Waals surface area (Å²) in [5, 5.41) is 12.2. The molecule has 1 aromatic heterocycles. The predicted octanol–water partition coefficient (Wildman–Crippen LogP) is 2.78. The fourth-order valence-electron chi connectivity index (χ4n) is 1.56. The molecule has 0 aliphatic heterocycles. The Morgan fingerprint density at radius 3 is 2.70 bits per heavy atom. The third-order valence-electron chi connectivity index (χ3n) is 2.61. The molecule has 106 valence electrons. The standard InChI is InChI=1S/C13H10BrF2NO3/c14-8-3-4-20-12(8)13(19)17-6-11(18)7-1-2-9(15)10(16)5-7/h1-5,11,18H,6H2,(H,17,19). The predicted molar refractivity (Wildman–Crippen MR) is 70.1 cm³/mol. The number of aliphatic hydroxyl groups is 1. The van der Waals surface area contributed by atoms with Crippen molar-refractivity contribution in [2.75, 3.05) is 6.54 Å². The highest BCUT2D eigenvalue weighted by Gasteiger charge is 2.16. The Morgan fingerprint density at radius 2 is 2.10 bits per heavy atom. The molecule has 1 amide bonds. The van der Waals surface area contributed by atoms with Crippen molar-refractivity contribution in [2.24, 2.45) is 0 Å². The van der Waals surface area contributed by atoms with E-state index in [1.54, 1.807) is 6.07 Å². The molecule has 0 aliphatic carbocycles. The molecule has 2 N–H and O–H groups in total. The smallest absolute Gasteiger partial charge is 0.288 e. The minimum absolute atomic E-state index is 0.0717. The molecule has 1 heterocycles. The molecule has 2 rings (SSSR count). The summed E-state index contributed by atoms with van der Waals surface area (Å²) in [5.41, 5.74) is 0.169. The van der Waals surface area contributed by atoms with Crippen LogP contribution in [0.5, 0.6) is 0 Å². The molecule has 0 spiro atoms. The quantitative estimate of drug-likeness (QED) is 0.895. The first kappa shape index (κ1) is 14.7. The number of halogens is 3. The SMILES string of the molecule is O=C(NCC(O)c1ccc(F)c(F)c1)c1occc1Br. The van der Waals surface area contributed by atoms with Crippen molar-refractivity contribution in [1.82, 2.24) is 5.32 Å². The van der Waals surface area contributed by atoms with E-state index in [0.717, 1.165) is 12.1 Å². The molecular formula is C13H10BrF2NO3. The van der Waals surface area contributed by atoms with E-state index in [-0.39, 0.29) is 17.9 Å². The fraction of sp³-hybridized carbons (Fsp3) is 0.154. The van der Waals surface area contributed by atoms with Crippen LogP contribution in [0.15, 0.2) is 39.4 Å². The number of aliphatic hydroxyl groups excluding tert-OH is 1. The molecule has 0 saturated carbocycles. The zero-order chi connectivity index (χ0) is 14.7. The van der Waals surface area contributed by atoms with Crippen molar-refractivity contribution in [3.8, 4) is 0 Å². The van der Waals surface area contributed by atoms with Crippen LogP contribution in [0.3, 0.4) is 0 Å². The van der Waals surface area contributed by atoms with Crippen LogP contribution in [0.2, 0.25) is 0 Å². The number of benzene rings is 1. The Kier molecular flexibility index (Phi) is 4.51. The Bertz CT molecular complexity index is 630. The molecule has 0 aliphatic rings. The Morgan fingerprint density at radius 1 is 1.35 bits per heavy atom. The van der Waals surface area contributed by atoms with E-state index in [4.69, 9.17) is 4.42 Å². The minimum Gasteiger partial charge on any atom is -0.458 e.